The van der Waals surface area contributed by atoms with Crippen molar-refractivity contribution < 1.29 is 4.79 Å². The van der Waals surface area contributed by atoms with Crippen LogP contribution in [0.5, 0.6) is 0 Å². The Kier molecular flexibility index (Phi) is 3.85. The van der Waals surface area contributed by atoms with Gasteiger partial charge in [0.1, 0.15) is 5.69 Å². The van der Waals surface area contributed by atoms with Crippen molar-refractivity contribution in [2.75, 3.05) is 0 Å². The molecule has 1 aliphatic rings. The van der Waals surface area contributed by atoms with Crippen molar-refractivity contribution in [2.24, 2.45) is 0 Å². The molecule has 2 aromatic rings. The summed E-state index contributed by atoms with van der Waals surface area (Å²) in [5.74, 6) is -0.0837. The summed E-state index contributed by atoms with van der Waals surface area (Å²) in [6.45, 7) is 0.494. The number of halogens is 2. The van der Waals surface area contributed by atoms with Crippen LogP contribution >= 0.6 is 27.5 Å². The molecule has 0 saturated heterocycles. The van der Waals surface area contributed by atoms with Gasteiger partial charge in [-0.25, -0.2) is 0 Å². The summed E-state index contributed by atoms with van der Waals surface area (Å²) >= 11 is 9.49. The number of aromatic nitrogens is 1. The van der Waals surface area contributed by atoms with E-state index in [4.69, 9.17) is 11.6 Å². The van der Waals surface area contributed by atoms with E-state index < -0.39 is 0 Å². The van der Waals surface area contributed by atoms with Crippen LogP contribution in [0.15, 0.2) is 41.0 Å². The van der Waals surface area contributed by atoms with Crippen molar-refractivity contribution in [1.29, 1.82) is 0 Å². The first-order chi connectivity index (χ1) is 9.65. The zero-order chi connectivity index (χ0) is 14.1. The number of rotatable bonds is 4. The van der Waals surface area contributed by atoms with Crippen molar-refractivity contribution in [2.45, 2.75) is 25.4 Å². The van der Waals surface area contributed by atoms with Crippen LogP contribution in [0.1, 0.15) is 34.9 Å². The Morgan fingerprint density at radius 3 is 2.85 bits per heavy atom. The molecule has 1 aromatic carbocycles. The van der Waals surface area contributed by atoms with Crippen LogP contribution in [-0.2, 0) is 6.54 Å². The number of nitrogens with zero attached hydrogens (tertiary/aromatic N) is 1. The van der Waals surface area contributed by atoms with Gasteiger partial charge in [-0.05, 0) is 30.5 Å². The number of hydrogen-bond acceptors (Lipinski definition) is 1. The van der Waals surface area contributed by atoms with Gasteiger partial charge in [-0.2, -0.15) is 0 Å². The Labute approximate surface area is 131 Å². The highest BCUT2D eigenvalue weighted by atomic mass is 79.9. The highest BCUT2D eigenvalue weighted by molar-refractivity contribution is 9.10. The number of carbonyl (C=O) groups is 1. The molecule has 5 heteroatoms. The molecule has 0 atom stereocenters. The second-order valence-electron chi connectivity index (χ2n) is 4.96. The van der Waals surface area contributed by atoms with Gasteiger partial charge in [0.05, 0.1) is 5.02 Å². The van der Waals surface area contributed by atoms with Gasteiger partial charge in [-0.15, -0.1) is 0 Å². The number of amides is 1. The fourth-order valence-electron chi connectivity index (χ4n) is 2.19. The van der Waals surface area contributed by atoms with Crippen LogP contribution in [0.25, 0.3) is 0 Å². The maximum atomic E-state index is 12.3. The SMILES string of the molecule is O=C(NCc1ccccc1Br)c1cc(Cl)cn1C1CC1. The minimum Gasteiger partial charge on any atom is -0.347 e. The van der Waals surface area contributed by atoms with E-state index in [2.05, 4.69) is 21.2 Å². The van der Waals surface area contributed by atoms with Crippen LogP contribution in [-0.4, -0.2) is 10.5 Å². The zero-order valence-corrected chi connectivity index (χ0v) is 13.1. The van der Waals surface area contributed by atoms with Crippen LogP contribution in [0.3, 0.4) is 0 Å². The van der Waals surface area contributed by atoms with Crippen molar-refractivity contribution in [1.82, 2.24) is 9.88 Å². The minimum atomic E-state index is -0.0837. The lowest BCUT2D eigenvalue weighted by molar-refractivity contribution is 0.0941. The molecular formula is C15H14BrClN2O. The second kappa shape index (κ2) is 5.62. The van der Waals surface area contributed by atoms with E-state index >= 15 is 0 Å². The summed E-state index contributed by atoms with van der Waals surface area (Å²) in [7, 11) is 0. The molecule has 0 spiro atoms. The number of nitrogens with one attached hydrogen (secondary N) is 1. The molecule has 0 bridgehead atoms. The van der Waals surface area contributed by atoms with E-state index in [1.54, 1.807) is 6.07 Å². The molecule has 0 radical (unpaired) electrons. The van der Waals surface area contributed by atoms with Crippen molar-refractivity contribution in [3.63, 3.8) is 0 Å². The first kappa shape index (κ1) is 13.7. The van der Waals surface area contributed by atoms with Gasteiger partial charge >= 0.3 is 0 Å². The summed E-state index contributed by atoms with van der Waals surface area (Å²) < 4.78 is 2.98. The van der Waals surface area contributed by atoms with Gasteiger partial charge in [0.2, 0.25) is 0 Å². The van der Waals surface area contributed by atoms with Gasteiger partial charge in [0.15, 0.2) is 0 Å². The van der Waals surface area contributed by atoms with Crippen LogP contribution in [0.2, 0.25) is 5.02 Å². The number of carbonyl (C=O) groups excluding carboxylic acids is 1. The third kappa shape index (κ3) is 2.91. The molecule has 3 rings (SSSR count). The molecule has 1 amide bonds. The summed E-state index contributed by atoms with van der Waals surface area (Å²) in [4.78, 5) is 12.3. The molecule has 0 aliphatic heterocycles. The molecule has 1 saturated carbocycles. The quantitative estimate of drug-likeness (QED) is 0.879. The van der Waals surface area contributed by atoms with E-state index in [1.807, 2.05) is 35.0 Å². The average molecular weight is 354 g/mol. The molecule has 104 valence electrons. The van der Waals surface area contributed by atoms with Gasteiger partial charge in [-0.3, -0.25) is 4.79 Å². The van der Waals surface area contributed by atoms with Gasteiger partial charge in [-0.1, -0.05) is 45.7 Å². The molecule has 1 N–H and O–H groups in total. The van der Waals surface area contributed by atoms with E-state index in [1.165, 1.54) is 0 Å². The lowest BCUT2D eigenvalue weighted by Gasteiger charge is -2.09. The fourth-order valence-corrected chi connectivity index (χ4v) is 2.82. The van der Waals surface area contributed by atoms with Gasteiger partial charge < -0.3 is 9.88 Å². The van der Waals surface area contributed by atoms with Crippen molar-refractivity contribution in [3.8, 4) is 0 Å². The summed E-state index contributed by atoms with van der Waals surface area (Å²) in [5.41, 5.74) is 1.70. The predicted octanol–water partition coefficient (Wildman–Crippen LogP) is 4.17. The Balaban J connectivity index is 1.72. The lowest BCUT2D eigenvalue weighted by Crippen LogP contribution is -2.25. The van der Waals surface area contributed by atoms with E-state index in [0.717, 1.165) is 22.9 Å². The fraction of sp³-hybridized carbons (Fsp3) is 0.267. The number of benzene rings is 1. The standard InChI is InChI=1S/C15H14BrClN2O/c16-13-4-2-1-3-10(13)8-18-15(20)14-7-11(17)9-19(14)12-5-6-12/h1-4,7,9,12H,5-6,8H2,(H,18,20). The first-order valence-corrected chi connectivity index (χ1v) is 7.71. The number of hydrogen-bond donors (Lipinski definition) is 1. The highest BCUT2D eigenvalue weighted by Gasteiger charge is 2.27. The maximum absolute atomic E-state index is 12.3. The van der Waals surface area contributed by atoms with Crippen LogP contribution in [0, 0.1) is 0 Å². The second-order valence-corrected chi connectivity index (χ2v) is 6.25. The highest BCUT2D eigenvalue weighted by Crippen LogP contribution is 2.37. The molecule has 1 fully saturated rings. The first-order valence-electron chi connectivity index (χ1n) is 6.54. The van der Waals surface area contributed by atoms with Crippen LogP contribution < -0.4 is 5.32 Å². The van der Waals surface area contributed by atoms with Crippen LogP contribution in [0.4, 0.5) is 0 Å². The summed E-state index contributed by atoms with van der Waals surface area (Å²) in [6, 6.07) is 10.0. The molecule has 3 nitrogen and oxygen atoms in total. The zero-order valence-electron chi connectivity index (χ0n) is 10.8. The Hall–Kier alpha value is -1.26. The largest absolute Gasteiger partial charge is 0.347 e. The van der Waals surface area contributed by atoms with E-state index in [9.17, 15) is 4.79 Å². The van der Waals surface area contributed by atoms with Gasteiger partial charge in [0, 0.05) is 23.3 Å². The lowest BCUT2D eigenvalue weighted by atomic mass is 10.2. The third-order valence-corrected chi connectivity index (χ3v) is 4.37. The molecule has 20 heavy (non-hydrogen) atoms. The van der Waals surface area contributed by atoms with E-state index in [-0.39, 0.29) is 5.91 Å². The smallest absolute Gasteiger partial charge is 0.268 e. The topological polar surface area (TPSA) is 34.0 Å². The third-order valence-electron chi connectivity index (χ3n) is 3.39. The summed E-state index contributed by atoms with van der Waals surface area (Å²) in [6.07, 6.45) is 4.08. The van der Waals surface area contributed by atoms with E-state index in [0.29, 0.717) is 23.3 Å². The van der Waals surface area contributed by atoms with Crippen molar-refractivity contribution >= 4 is 33.4 Å². The Morgan fingerprint density at radius 1 is 1.40 bits per heavy atom. The normalized spacial score (nSPS) is 14.3. The average Bonchev–Trinajstić information content (AvgIpc) is 3.20. The Bertz CT molecular complexity index is 649. The summed E-state index contributed by atoms with van der Waals surface area (Å²) in [5, 5.41) is 3.56. The van der Waals surface area contributed by atoms with Gasteiger partial charge in [0.25, 0.3) is 5.91 Å². The molecule has 0 unspecified atom stereocenters. The molecule has 1 heterocycles. The van der Waals surface area contributed by atoms with Crippen molar-refractivity contribution in [3.05, 3.63) is 57.3 Å². The molecule has 1 aliphatic carbocycles. The minimum absolute atomic E-state index is 0.0837. The Morgan fingerprint density at radius 2 is 2.15 bits per heavy atom. The monoisotopic (exact) mass is 352 g/mol. The molecular weight excluding hydrogens is 340 g/mol. The predicted molar refractivity (Wildman–Crippen MR) is 83.0 cm³/mol. The molecule has 1 aromatic heterocycles. The maximum Gasteiger partial charge on any atom is 0.268 e.